The molecule has 2 aliphatic rings. The molecule has 1 aromatic carbocycles. The van der Waals surface area contributed by atoms with Gasteiger partial charge in [-0.25, -0.2) is 13.2 Å². The molecule has 23 heavy (non-hydrogen) atoms. The first-order valence-electron chi connectivity index (χ1n) is 7.38. The Balaban J connectivity index is 1.68. The fourth-order valence-electron chi connectivity index (χ4n) is 2.84. The monoisotopic (exact) mass is 327 g/mol. The van der Waals surface area contributed by atoms with E-state index in [9.17, 15) is 22.8 Å². The zero-order valence-electron chi connectivity index (χ0n) is 12.2. The van der Waals surface area contributed by atoms with Gasteiger partial charge < -0.3 is 10.2 Å². The molecule has 0 saturated carbocycles. The lowest BCUT2D eigenvalue weighted by molar-refractivity contribution is -0.118. The van der Waals surface area contributed by atoms with Crippen LogP contribution in [0, 0.1) is 5.82 Å². The quantitative estimate of drug-likeness (QED) is 0.891. The van der Waals surface area contributed by atoms with E-state index in [1.807, 2.05) is 0 Å². The summed E-state index contributed by atoms with van der Waals surface area (Å²) in [5, 5.41) is 4.85. The van der Waals surface area contributed by atoms with Gasteiger partial charge >= 0.3 is 0 Å². The van der Waals surface area contributed by atoms with Crippen molar-refractivity contribution in [1.82, 2.24) is 5.32 Å². The van der Waals surface area contributed by atoms with Gasteiger partial charge in [0.05, 0.1) is 18.3 Å². The van der Waals surface area contributed by atoms with Crippen LogP contribution >= 0.6 is 0 Å². The molecule has 3 rings (SSSR count). The average molecular weight is 327 g/mol. The number of nitrogens with one attached hydrogen (secondary N) is 2. The van der Waals surface area contributed by atoms with E-state index in [2.05, 4.69) is 10.6 Å². The van der Waals surface area contributed by atoms with Crippen LogP contribution in [-0.2, 0) is 9.59 Å². The Morgan fingerprint density at radius 1 is 1.39 bits per heavy atom. The van der Waals surface area contributed by atoms with E-state index in [-0.39, 0.29) is 17.3 Å². The zero-order valence-corrected chi connectivity index (χ0v) is 12.2. The lowest BCUT2D eigenvalue weighted by atomic mass is 10.1. The standard InChI is InChI=1S/C15H16F3N3O2/c16-10-6-9(3-4-12(10)21-5-1-2-13(21)22)20-14(23)11-7-15(17,18)8-19-11/h3-4,6,11,19H,1-2,5,7-8H2,(H,20,23). The fraction of sp³-hybridized carbons (Fsp3) is 0.467. The molecule has 1 aromatic rings. The van der Waals surface area contributed by atoms with Crippen molar-refractivity contribution < 1.29 is 22.8 Å². The third-order valence-electron chi connectivity index (χ3n) is 4.01. The molecule has 2 N–H and O–H groups in total. The highest BCUT2D eigenvalue weighted by Crippen LogP contribution is 2.28. The minimum atomic E-state index is -2.91. The Morgan fingerprint density at radius 3 is 2.74 bits per heavy atom. The van der Waals surface area contributed by atoms with Crippen molar-refractivity contribution in [2.75, 3.05) is 23.3 Å². The second-order valence-corrected chi connectivity index (χ2v) is 5.80. The predicted octanol–water partition coefficient (Wildman–Crippen LogP) is 1.89. The maximum Gasteiger partial charge on any atom is 0.262 e. The van der Waals surface area contributed by atoms with Gasteiger partial charge in [-0.1, -0.05) is 0 Å². The van der Waals surface area contributed by atoms with Crippen molar-refractivity contribution in [1.29, 1.82) is 0 Å². The van der Waals surface area contributed by atoms with E-state index in [1.165, 1.54) is 17.0 Å². The van der Waals surface area contributed by atoms with Crippen LogP contribution in [0.3, 0.4) is 0 Å². The first kappa shape index (κ1) is 15.8. The number of amides is 2. The number of benzene rings is 1. The Morgan fingerprint density at radius 2 is 2.17 bits per heavy atom. The summed E-state index contributed by atoms with van der Waals surface area (Å²) in [5.74, 6) is -4.32. The van der Waals surface area contributed by atoms with Gasteiger partial charge in [-0.2, -0.15) is 0 Å². The van der Waals surface area contributed by atoms with Gasteiger partial charge in [0.25, 0.3) is 5.92 Å². The molecule has 0 radical (unpaired) electrons. The predicted molar refractivity (Wildman–Crippen MR) is 78.0 cm³/mol. The van der Waals surface area contributed by atoms with Crippen LogP contribution < -0.4 is 15.5 Å². The molecule has 0 bridgehead atoms. The van der Waals surface area contributed by atoms with Gasteiger partial charge in [-0.3, -0.25) is 14.9 Å². The Bertz CT molecular complexity index is 651. The number of carbonyl (C=O) groups excluding carboxylic acids is 2. The normalized spacial score (nSPS) is 23.3. The summed E-state index contributed by atoms with van der Waals surface area (Å²) < 4.78 is 40.3. The van der Waals surface area contributed by atoms with Crippen LogP contribution in [0.15, 0.2) is 18.2 Å². The summed E-state index contributed by atoms with van der Waals surface area (Å²) >= 11 is 0. The van der Waals surface area contributed by atoms with E-state index in [0.717, 1.165) is 6.07 Å². The number of hydrogen-bond donors (Lipinski definition) is 2. The van der Waals surface area contributed by atoms with Crippen LogP contribution in [0.4, 0.5) is 24.5 Å². The third kappa shape index (κ3) is 3.31. The number of hydrogen-bond acceptors (Lipinski definition) is 3. The van der Waals surface area contributed by atoms with Gasteiger partial charge in [0.2, 0.25) is 11.8 Å². The minimum Gasteiger partial charge on any atom is -0.325 e. The van der Waals surface area contributed by atoms with Crippen LogP contribution in [0.1, 0.15) is 19.3 Å². The van der Waals surface area contributed by atoms with Crippen LogP contribution in [0.2, 0.25) is 0 Å². The number of carbonyl (C=O) groups is 2. The summed E-state index contributed by atoms with van der Waals surface area (Å²) in [7, 11) is 0. The van der Waals surface area contributed by atoms with E-state index in [4.69, 9.17) is 0 Å². The fourth-order valence-corrected chi connectivity index (χ4v) is 2.84. The Kier molecular flexibility index (Phi) is 4.01. The van der Waals surface area contributed by atoms with Crippen LogP contribution in [0.5, 0.6) is 0 Å². The van der Waals surface area contributed by atoms with E-state index < -0.39 is 36.7 Å². The third-order valence-corrected chi connectivity index (χ3v) is 4.01. The Hall–Kier alpha value is -2.09. The van der Waals surface area contributed by atoms with E-state index in [1.54, 1.807) is 0 Å². The maximum atomic E-state index is 14.1. The molecule has 2 aliphatic heterocycles. The molecule has 2 saturated heterocycles. The number of nitrogens with zero attached hydrogens (tertiary/aromatic N) is 1. The molecule has 1 atom stereocenters. The molecule has 8 heteroatoms. The van der Waals surface area contributed by atoms with Crippen molar-refractivity contribution in [2.24, 2.45) is 0 Å². The average Bonchev–Trinajstić information content (AvgIpc) is 3.05. The topological polar surface area (TPSA) is 61.4 Å². The Labute approximate surface area is 130 Å². The minimum absolute atomic E-state index is 0.141. The van der Waals surface area contributed by atoms with Crippen molar-refractivity contribution >= 4 is 23.2 Å². The molecular weight excluding hydrogens is 311 g/mol. The lowest BCUT2D eigenvalue weighted by Crippen LogP contribution is -2.35. The van der Waals surface area contributed by atoms with E-state index >= 15 is 0 Å². The smallest absolute Gasteiger partial charge is 0.262 e. The lowest BCUT2D eigenvalue weighted by Gasteiger charge is -2.17. The number of alkyl halides is 2. The van der Waals surface area contributed by atoms with Gasteiger partial charge in [0.15, 0.2) is 0 Å². The highest BCUT2D eigenvalue weighted by molar-refractivity contribution is 5.97. The largest absolute Gasteiger partial charge is 0.325 e. The molecule has 2 heterocycles. The summed E-state index contributed by atoms with van der Waals surface area (Å²) in [6.45, 7) is -0.0853. The van der Waals surface area contributed by atoms with Crippen molar-refractivity contribution in [3.8, 4) is 0 Å². The molecule has 2 fully saturated rings. The van der Waals surface area contributed by atoms with Crippen molar-refractivity contribution in [3.05, 3.63) is 24.0 Å². The zero-order chi connectivity index (χ0) is 16.6. The highest BCUT2D eigenvalue weighted by atomic mass is 19.3. The summed E-state index contributed by atoms with van der Waals surface area (Å²) in [6, 6.07) is 2.94. The molecule has 124 valence electrons. The first-order valence-corrected chi connectivity index (χ1v) is 7.38. The molecule has 0 aliphatic carbocycles. The molecule has 0 aromatic heterocycles. The number of rotatable bonds is 3. The highest BCUT2D eigenvalue weighted by Gasteiger charge is 2.42. The molecular formula is C15H16F3N3O2. The maximum absolute atomic E-state index is 14.1. The second kappa shape index (κ2) is 5.84. The molecule has 2 amide bonds. The van der Waals surface area contributed by atoms with Gasteiger partial charge in [-0.15, -0.1) is 0 Å². The molecule has 0 spiro atoms. The summed E-state index contributed by atoms with van der Waals surface area (Å²) in [6.07, 6.45) is 0.486. The summed E-state index contributed by atoms with van der Waals surface area (Å²) in [5.41, 5.74) is 0.330. The number of halogens is 3. The van der Waals surface area contributed by atoms with Crippen LogP contribution in [0.25, 0.3) is 0 Å². The summed E-state index contributed by atoms with van der Waals surface area (Å²) in [4.78, 5) is 24.9. The second-order valence-electron chi connectivity index (χ2n) is 5.80. The molecule has 5 nitrogen and oxygen atoms in total. The molecule has 1 unspecified atom stereocenters. The number of anilines is 2. The van der Waals surface area contributed by atoms with E-state index in [0.29, 0.717) is 19.4 Å². The first-order chi connectivity index (χ1) is 10.9. The SMILES string of the molecule is O=C(Nc1ccc(N2CCCC2=O)c(F)c1)C1CC(F)(F)CN1. The van der Waals surface area contributed by atoms with Crippen molar-refractivity contribution in [3.63, 3.8) is 0 Å². The van der Waals surface area contributed by atoms with Gasteiger partial charge in [0, 0.05) is 25.1 Å². The van der Waals surface area contributed by atoms with Crippen molar-refractivity contribution in [2.45, 2.75) is 31.2 Å². The van der Waals surface area contributed by atoms with Crippen LogP contribution in [-0.4, -0.2) is 36.9 Å². The van der Waals surface area contributed by atoms with Gasteiger partial charge in [0.1, 0.15) is 5.82 Å². The van der Waals surface area contributed by atoms with Gasteiger partial charge in [-0.05, 0) is 24.6 Å².